The first kappa shape index (κ1) is 17.1. The van der Waals surface area contributed by atoms with Crippen molar-refractivity contribution in [3.05, 3.63) is 36.4 Å². The van der Waals surface area contributed by atoms with Crippen molar-refractivity contribution >= 4 is 22.6 Å². The zero-order chi connectivity index (χ0) is 19.3. The molecule has 5 heterocycles. The van der Waals surface area contributed by atoms with Gasteiger partial charge in [0.05, 0.1) is 37.2 Å². The van der Waals surface area contributed by atoms with E-state index in [9.17, 15) is 4.39 Å². The lowest BCUT2D eigenvalue weighted by Gasteiger charge is -2.33. The largest absolute Gasteiger partial charge is 0.374 e. The predicted molar refractivity (Wildman–Crippen MR) is 103 cm³/mol. The summed E-state index contributed by atoms with van der Waals surface area (Å²) in [5.74, 6) is 1.33. The van der Waals surface area contributed by atoms with Crippen LogP contribution in [0.5, 0.6) is 0 Å². The molecule has 0 saturated carbocycles. The molecule has 5 rings (SSSR count). The van der Waals surface area contributed by atoms with Crippen molar-refractivity contribution in [1.29, 1.82) is 0 Å². The summed E-state index contributed by atoms with van der Waals surface area (Å²) in [6.07, 6.45) is 3.57. The molecule has 0 bridgehead atoms. The highest BCUT2D eigenvalue weighted by Gasteiger charge is 2.38. The zero-order valence-electron chi connectivity index (χ0n) is 15.7. The van der Waals surface area contributed by atoms with Crippen LogP contribution in [0.1, 0.15) is 12.7 Å². The molecule has 0 aliphatic carbocycles. The standard InChI is InChI=1S/C19H20FN7O/c1-3-26-12(2)23-15-5-4-14(24-17(15)26)13-6-7-27-16(13)8-21-18(25-27)22-9-19(20)10-28-11-19/h4-8H,3,9-11H2,1-2H3,(H,22,25). The second kappa shape index (κ2) is 6.23. The maximum absolute atomic E-state index is 14.1. The normalized spacial score (nSPS) is 15.8. The topological polar surface area (TPSA) is 82.2 Å². The van der Waals surface area contributed by atoms with Crippen LogP contribution >= 0.6 is 0 Å². The van der Waals surface area contributed by atoms with Gasteiger partial charge in [-0.25, -0.2) is 23.9 Å². The third kappa shape index (κ3) is 2.70. The number of alkyl halides is 1. The zero-order valence-corrected chi connectivity index (χ0v) is 15.7. The van der Waals surface area contributed by atoms with E-state index in [4.69, 9.17) is 9.72 Å². The summed E-state index contributed by atoms with van der Waals surface area (Å²) in [4.78, 5) is 13.7. The Labute approximate surface area is 160 Å². The van der Waals surface area contributed by atoms with Crippen molar-refractivity contribution in [2.24, 2.45) is 0 Å². The first-order valence-corrected chi connectivity index (χ1v) is 9.25. The number of nitrogens with one attached hydrogen (secondary N) is 1. The molecule has 8 nitrogen and oxygen atoms in total. The lowest BCUT2D eigenvalue weighted by molar-refractivity contribution is -0.121. The minimum absolute atomic E-state index is 0.109. The van der Waals surface area contributed by atoms with Gasteiger partial charge in [-0.3, -0.25) is 0 Å². The second-order valence-electron chi connectivity index (χ2n) is 7.08. The Morgan fingerprint density at radius 3 is 2.86 bits per heavy atom. The van der Waals surface area contributed by atoms with E-state index in [0.29, 0.717) is 5.95 Å². The van der Waals surface area contributed by atoms with Crippen molar-refractivity contribution in [2.45, 2.75) is 26.1 Å². The Morgan fingerprint density at radius 1 is 1.25 bits per heavy atom. The molecule has 1 aliphatic rings. The number of nitrogens with zero attached hydrogens (tertiary/aromatic N) is 6. The van der Waals surface area contributed by atoms with Gasteiger partial charge in [-0.15, -0.1) is 5.10 Å². The van der Waals surface area contributed by atoms with Crippen molar-refractivity contribution < 1.29 is 9.13 Å². The third-order valence-electron chi connectivity index (χ3n) is 5.08. The summed E-state index contributed by atoms with van der Waals surface area (Å²) in [5.41, 5.74) is 3.02. The smallest absolute Gasteiger partial charge is 0.241 e. The lowest BCUT2D eigenvalue weighted by Crippen LogP contribution is -2.50. The highest BCUT2D eigenvalue weighted by molar-refractivity contribution is 5.82. The number of aryl methyl sites for hydroxylation is 2. The van der Waals surface area contributed by atoms with Gasteiger partial charge >= 0.3 is 0 Å². The highest BCUT2D eigenvalue weighted by Crippen LogP contribution is 2.26. The van der Waals surface area contributed by atoms with E-state index < -0.39 is 5.67 Å². The number of pyridine rings is 1. The molecule has 144 valence electrons. The minimum atomic E-state index is -1.33. The van der Waals surface area contributed by atoms with Crippen LogP contribution in [0.2, 0.25) is 0 Å². The molecular weight excluding hydrogens is 361 g/mol. The average molecular weight is 381 g/mol. The summed E-state index contributed by atoms with van der Waals surface area (Å²) < 4.78 is 22.8. The summed E-state index contributed by atoms with van der Waals surface area (Å²) in [6.45, 7) is 5.23. The molecule has 0 aromatic carbocycles. The summed E-state index contributed by atoms with van der Waals surface area (Å²) in [6, 6.07) is 5.90. The van der Waals surface area contributed by atoms with Gasteiger partial charge in [0.1, 0.15) is 11.3 Å². The number of ether oxygens (including phenoxy) is 1. The third-order valence-corrected chi connectivity index (χ3v) is 5.08. The van der Waals surface area contributed by atoms with Gasteiger partial charge < -0.3 is 14.6 Å². The number of fused-ring (bicyclic) bond motifs is 2. The first-order valence-electron chi connectivity index (χ1n) is 9.25. The molecule has 0 unspecified atom stereocenters. The van der Waals surface area contributed by atoms with Crippen LogP contribution < -0.4 is 5.32 Å². The fourth-order valence-electron chi connectivity index (χ4n) is 3.50. The van der Waals surface area contributed by atoms with Crippen molar-refractivity contribution in [2.75, 3.05) is 25.1 Å². The van der Waals surface area contributed by atoms with Crippen molar-refractivity contribution in [3.8, 4) is 11.3 Å². The molecule has 0 amide bonds. The summed E-state index contributed by atoms with van der Waals surface area (Å²) in [7, 11) is 0. The van der Waals surface area contributed by atoms with E-state index in [-0.39, 0.29) is 19.8 Å². The first-order chi connectivity index (χ1) is 13.6. The number of imidazole rings is 1. The molecule has 1 saturated heterocycles. The molecule has 0 radical (unpaired) electrons. The van der Waals surface area contributed by atoms with E-state index >= 15 is 0 Å². The number of halogens is 1. The predicted octanol–water partition coefficient (Wildman–Crippen LogP) is 2.62. The SMILES string of the molecule is CCn1c(C)nc2ccc(-c3ccn4nc(NCC5(F)COC5)ncc34)nc21. The van der Waals surface area contributed by atoms with Crippen LogP contribution in [0.25, 0.3) is 27.9 Å². The second-order valence-corrected chi connectivity index (χ2v) is 7.08. The van der Waals surface area contributed by atoms with Gasteiger partial charge in [-0.1, -0.05) is 0 Å². The summed E-state index contributed by atoms with van der Waals surface area (Å²) in [5, 5.41) is 7.37. The summed E-state index contributed by atoms with van der Waals surface area (Å²) >= 11 is 0. The molecule has 9 heteroatoms. The van der Waals surface area contributed by atoms with Gasteiger partial charge in [0, 0.05) is 18.3 Å². The fourth-order valence-corrected chi connectivity index (χ4v) is 3.50. The van der Waals surface area contributed by atoms with Crippen LogP contribution in [0.3, 0.4) is 0 Å². The number of aromatic nitrogens is 6. The van der Waals surface area contributed by atoms with E-state index in [1.807, 2.05) is 31.3 Å². The fraction of sp³-hybridized carbons (Fsp3) is 0.368. The monoisotopic (exact) mass is 381 g/mol. The van der Waals surface area contributed by atoms with E-state index in [1.165, 1.54) is 0 Å². The van der Waals surface area contributed by atoms with Crippen LogP contribution in [0.15, 0.2) is 30.6 Å². The van der Waals surface area contributed by atoms with E-state index in [0.717, 1.165) is 40.3 Å². The minimum Gasteiger partial charge on any atom is -0.374 e. The van der Waals surface area contributed by atoms with E-state index in [1.54, 1.807) is 10.7 Å². The number of rotatable bonds is 5. The maximum Gasteiger partial charge on any atom is 0.241 e. The number of hydrogen-bond donors (Lipinski definition) is 1. The maximum atomic E-state index is 14.1. The van der Waals surface area contributed by atoms with Crippen molar-refractivity contribution in [3.63, 3.8) is 0 Å². The Balaban J connectivity index is 1.48. The Morgan fingerprint density at radius 2 is 2.11 bits per heavy atom. The Hall–Kier alpha value is -3.07. The molecule has 4 aromatic heterocycles. The molecule has 4 aromatic rings. The van der Waals surface area contributed by atoms with E-state index in [2.05, 4.69) is 31.9 Å². The average Bonchev–Trinajstić information content (AvgIpc) is 3.23. The van der Waals surface area contributed by atoms with Crippen LogP contribution in [-0.4, -0.2) is 54.6 Å². The molecule has 1 fully saturated rings. The van der Waals surface area contributed by atoms with Crippen LogP contribution in [0, 0.1) is 6.92 Å². The van der Waals surface area contributed by atoms with Gasteiger partial charge in [0.25, 0.3) is 0 Å². The number of anilines is 1. The quantitative estimate of drug-likeness (QED) is 0.572. The molecular formula is C19H20FN7O. The van der Waals surface area contributed by atoms with Gasteiger partial charge in [-0.05, 0) is 32.0 Å². The molecule has 0 atom stereocenters. The van der Waals surface area contributed by atoms with Gasteiger partial charge in [0.2, 0.25) is 5.95 Å². The van der Waals surface area contributed by atoms with Gasteiger partial charge in [-0.2, -0.15) is 0 Å². The van der Waals surface area contributed by atoms with Crippen LogP contribution in [0.4, 0.5) is 10.3 Å². The Kier molecular flexibility index (Phi) is 3.80. The molecule has 1 aliphatic heterocycles. The van der Waals surface area contributed by atoms with Crippen molar-refractivity contribution in [1.82, 2.24) is 29.1 Å². The number of hydrogen-bond acceptors (Lipinski definition) is 6. The Bertz CT molecular complexity index is 1180. The molecule has 28 heavy (non-hydrogen) atoms. The van der Waals surface area contributed by atoms with Crippen LogP contribution in [-0.2, 0) is 11.3 Å². The highest BCUT2D eigenvalue weighted by atomic mass is 19.1. The molecule has 0 spiro atoms. The molecule has 1 N–H and O–H groups in total. The van der Waals surface area contributed by atoms with Gasteiger partial charge in [0.15, 0.2) is 11.3 Å². The lowest BCUT2D eigenvalue weighted by atomic mass is 10.1.